The molecule has 2 heterocycles. The Labute approximate surface area is 117 Å². The number of carboxylic acid groups (broad SMARTS) is 1. The molecule has 2 rings (SSSR count). The average molecular weight is 283 g/mol. The lowest BCUT2D eigenvalue weighted by molar-refractivity contribution is 0.142. The van der Waals surface area contributed by atoms with Crippen LogP contribution in [0.25, 0.3) is 0 Å². The van der Waals surface area contributed by atoms with Crippen molar-refractivity contribution in [3.63, 3.8) is 0 Å². The number of aryl methyl sites for hydroxylation is 1. The lowest BCUT2D eigenvalue weighted by atomic mass is 10.3. The van der Waals surface area contributed by atoms with Gasteiger partial charge < -0.3 is 25.3 Å². The number of aliphatic hydroxyl groups excluding tert-OH is 1. The van der Waals surface area contributed by atoms with Crippen LogP contribution in [0.2, 0.25) is 0 Å². The summed E-state index contributed by atoms with van der Waals surface area (Å²) in [5, 5.41) is 25.6. The standard InChI is InChI=1S/C12H21N5O3/c1-9-10(13-3-8-18)11(14-15(9)2)16-4-6-17(7-5-16)12(19)20/h13,18H,3-8H2,1-2H3,(H,19,20). The number of piperazine rings is 1. The highest BCUT2D eigenvalue weighted by Crippen LogP contribution is 2.28. The molecule has 1 aromatic rings. The molecule has 8 nitrogen and oxygen atoms in total. The van der Waals surface area contributed by atoms with Crippen LogP contribution >= 0.6 is 0 Å². The first-order valence-corrected chi connectivity index (χ1v) is 6.65. The second kappa shape index (κ2) is 6.00. The van der Waals surface area contributed by atoms with Crippen molar-refractivity contribution >= 4 is 17.6 Å². The van der Waals surface area contributed by atoms with E-state index in [-0.39, 0.29) is 6.61 Å². The normalized spacial score (nSPS) is 15.6. The van der Waals surface area contributed by atoms with Gasteiger partial charge >= 0.3 is 6.09 Å². The Kier molecular flexibility index (Phi) is 4.33. The summed E-state index contributed by atoms with van der Waals surface area (Å²) >= 11 is 0. The van der Waals surface area contributed by atoms with Crippen LogP contribution in [0, 0.1) is 6.92 Å². The molecule has 0 aliphatic carbocycles. The summed E-state index contributed by atoms with van der Waals surface area (Å²) < 4.78 is 1.79. The van der Waals surface area contributed by atoms with E-state index in [0.717, 1.165) is 17.2 Å². The maximum atomic E-state index is 10.9. The van der Waals surface area contributed by atoms with Crippen LogP contribution in [0.1, 0.15) is 5.69 Å². The summed E-state index contributed by atoms with van der Waals surface area (Å²) in [6.45, 7) is 4.68. The number of amides is 1. The molecule has 20 heavy (non-hydrogen) atoms. The van der Waals surface area contributed by atoms with E-state index in [1.165, 1.54) is 4.90 Å². The predicted molar refractivity (Wildman–Crippen MR) is 75.3 cm³/mol. The van der Waals surface area contributed by atoms with E-state index in [4.69, 9.17) is 10.2 Å². The second-order valence-corrected chi connectivity index (χ2v) is 4.81. The van der Waals surface area contributed by atoms with Gasteiger partial charge in [0, 0.05) is 39.8 Å². The fraction of sp³-hybridized carbons (Fsp3) is 0.667. The van der Waals surface area contributed by atoms with Gasteiger partial charge in [0.2, 0.25) is 0 Å². The van der Waals surface area contributed by atoms with E-state index in [9.17, 15) is 4.79 Å². The minimum Gasteiger partial charge on any atom is -0.465 e. The van der Waals surface area contributed by atoms with E-state index in [2.05, 4.69) is 15.3 Å². The highest BCUT2D eigenvalue weighted by molar-refractivity contribution is 5.70. The van der Waals surface area contributed by atoms with Crippen molar-refractivity contribution in [2.45, 2.75) is 6.92 Å². The third kappa shape index (κ3) is 2.79. The quantitative estimate of drug-likeness (QED) is 0.716. The lowest BCUT2D eigenvalue weighted by Gasteiger charge is -2.33. The first-order valence-electron chi connectivity index (χ1n) is 6.65. The molecule has 0 bridgehead atoms. The van der Waals surface area contributed by atoms with Gasteiger partial charge in [-0.1, -0.05) is 0 Å². The van der Waals surface area contributed by atoms with E-state index in [0.29, 0.717) is 32.7 Å². The third-order valence-corrected chi connectivity index (χ3v) is 3.58. The van der Waals surface area contributed by atoms with E-state index < -0.39 is 6.09 Å². The molecule has 1 aliphatic heterocycles. The zero-order valence-corrected chi connectivity index (χ0v) is 11.8. The number of nitrogens with one attached hydrogen (secondary N) is 1. The fourth-order valence-corrected chi connectivity index (χ4v) is 2.31. The molecular formula is C12H21N5O3. The Bertz CT molecular complexity index is 480. The highest BCUT2D eigenvalue weighted by atomic mass is 16.4. The predicted octanol–water partition coefficient (Wildman–Crippen LogP) is -0.0673. The van der Waals surface area contributed by atoms with Crippen molar-refractivity contribution in [3.8, 4) is 0 Å². The third-order valence-electron chi connectivity index (χ3n) is 3.58. The molecule has 1 saturated heterocycles. The van der Waals surface area contributed by atoms with Gasteiger partial charge in [0.05, 0.1) is 12.3 Å². The molecule has 1 fully saturated rings. The van der Waals surface area contributed by atoms with Crippen molar-refractivity contribution < 1.29 is 15.0 Å². The number of hydrogen-bond donors (Lipinski definition) is 3. The minimum absolute atomic E-state index is 0.0561. The molecule has 112 valence electrons. The molecule has 1 aliphatic rings. The number of aliphatic hydroxyl groups is 1. The molecule has 3 N–H and O–H groups in total. The molecule has 8 heteroatoms. The smallest absolute Gasteiger partial charge is 0.407 e. The van der Waals surface area contributed by atoms with Crippen molar-refractivity contribution in [1.29, 1.82) is 0 Å². The zero-order chi connectivity index (χ0) is 14.7. The van der Waals surface area contributed by atoms with E-state index in [1.54, 1.807) is 4.68 Å². The van der Waals surface area contributed by atoms with Crippen LogP contribution in [0.15, 0.2) is 0 Å². The van der Waals surface area contributed by atoms with E-state index >= 15 is 0 Å². The van der Waals surface area contributed by atoms with Crippen LogP contribution < -0.4 is 10.2 Å². The van der Waals surface area contributed by atoms with Crippen molar-refractivity contribution in [2.24, 2.45) is 7.05 Å². The summed E-state index contributed by atoms with van der Waals surface area (Å²) in [6.07, 6.45) is -0.875. The average Bonchev–Trinajstić information content (AvgIpc) is 2.72. The molecule has 0 aromatic carbocycles. The molecule has 0 unspecified atom stereocenters. The number of hydrogen-bond acceptors (Lipinski definition) is 5. The first-order chi connectivity index (χ1) is 9.54. The fourth-order valence-electron chi connectivity index (χ4n) is 2.31. The van der Waals surface area contributed by atoms with Gasteiger partial charge in [-0.2, -0.15) is 5.10 Å². The maximum Gasteiger partial charge on any atom is 0.407 e. The number of rotatable bonds is 4. The molecule has 0 spiro atoms. The number of aromatic nitrogens is 2. The van der Waals surface area contributed by atoms with Gasteiger partial charge in [0.15, 0.2) is 5.82 Å². The van der Waals surface area contributed by atoms with Gasteiger partial charge in [0.25, 0.3) is 0 Å². The molecule has 1 aromatic heterocycles. The van der Waals surface area contributed by atoms with Crippen LogP contribution in [-0.4, -0.2) is 70.3 Å². The largest absolute Gasteiger partial charge is 0.465 e. The summed E-state index contributed by atoms with van der Waals surface area (Å²) in [4.78, 5) is 14.4. The van der Waals surface area contributed by atoms with Gasteiger partial charge in [-0.15, -0.1) is 0 Å². The Morgan fingerprint density at radius 1 is 1.35 bits per heavy atom. The maximum absolute atomic E-state index is 10.9. The first kappa shape index (κ1) is 14.4. The molecule has 0 atom stereocenters. The molecule has 0 saturated carbocycles. The summed E-state index contributed by atoms with van der Waals surface area (Å²) in [5.41, 5.74) is 1.90. The Morgan fingerprint density at radius 3 is 2.55 bits per heavy atom. The Hall–Kier alpha value is -1.96. The van der Waals surface area contributed by atoms with Crippen LogP contribution in [-0.2, 0) is 7.05 Å². The Balaban J connectivity index is 2.13. The lowest BCUT2D eigenvalue weighted by Crippen LogP contribution is -2.48. The monoisotopic (exact) mass is 283 g/mol. The number of carbonyl (C=O) groups is 1. The van der Waals surface area contributed by atoms with Crippen molar-refractivity contribution in [2.75, 3.05) is 49.5 Å². The van der Waals surface area contributed by atoms with Crippen LogP contribution in [0.4, 0.5) is 16.3 Å². The van der Waals surface area contributed by atoms with E-state index in [1.807, 2.05) is 14.0 Å². The summed E-state index contributed by atoms with van der Waals surface area (Å²) in [6, 6.07) is 0. The molecular weight excluding hydrogens is 262 g/mol. The van der Waals surface area contributed by atoms with Crippen molar-refractivity contribution in [1.82, 2.24) is 14.7 Å². The highest BCUT2D eigenvalue weighted by Gasteiger charge is 2.25. The van der Waals surface area contributed by atoms with Gasteiger partial charge in [-0.3, -0.25) is 4.68 Å². The topological polar surface area (TPSA) is 93.9 Å². The van der Waals surface area contributed by atoms with Gasteiger partial charge in [-0.05, 0) is 6.92 Å². The molecule has 1 amide bonds. The Morgan fingerprint density at radius 2 is 2.00 bits per heavy atom. The van der Waals surface area contributed by atoms with Gasteiger partial charge in [0.1, 0.15) is 5.69 Å². The molecule has 0 radical (unpaired) electrons. The van der Waals surface area contributed by atoms with Gasteiger partial charge in [-0.25, -0.2) is 4.79 Å². The SMILES string of the molecule is Cc1c(NCCO)c(N2CCN(C(=O)O)CC2)nn1C. The number of anilines is 2. The van der Waals surface area contributed by atoms with Crippen LogP contribution in [0.3, 0.4) is 0 Å². The number of nitrogens with zero attached hydrogens (tertiary/aromatic N) is 4. The minimum atomic E-state index is -0.875. The van der Waals surface area contributed by atoms with Crippen LogP contribution in [0.5, 0.6) is 0 Å². The summed E-state index contributed by atoms with van der Waals surface area (Å²) in [7, 11) is 1.87. The second-order valence-electron chi connectivity index (χ2n) is 4.81. The zero-order valence-electron chi connectivity index (χ0n) is 11.8. The summed E-state index contributed by atoms with van der Waals surface area (Å²) in [5.74, 6) is 0.823. The van der Waals surface area contributed by atoms with Crippen molar-refractivity contribution in [3.05, 3.63) is 5.69 Å².